The number of amides is 1. The summed E-state index contributed by atoms with van der Waals surface area (Å²) in [4.78, 5) is 28.8. The van der Waals surface area contributed by atoms with Gasteiger partial charge >= 0.3 is 0 Å². The molecule has 6 heteroatoms. The molecule has 0 aliphatic carbocycles. The third kappa shape index (κ3) is 3.93. The van der Waals surface area contributed by atoms with E-state index >= 15 is 0 Å². The molecular weight excluding hydrogens is 486 g/mol. The molecule has 2 aromatic carbocycles. The summed E-state index contributed by atoms with van der Waals surface area (Å²) >= 11 is 4.90. The number of carbonyl (C=O) groups excluding carboxylic acids is 2. The highest BCUT2D eigenvalue weighted by Gasteiger charge is 2.47. The van der Waals surface area contributed by atoms with Crippen molar-refractivity contribution < 1.29 is 14.7 Å². The fourth-order valence-corrected chi connectivity index (χ4v) is 5.14. The second-order valence-corrected chi connectivity index (χ2v) is 10.8. The van der Waals surface area contributed by atoms with Crippen molar-refractivity contribution in [3.05, 3.63) is 91.6 Å². The Hall–Kier alpha value is -2.70. The van der Waals surface area contributed by atoms with Crippen molar-refractivity contribution in [1.82, 2.24) is 0 Å². The Bertz CT molecular complexity index is 1240. The van der Waals surface area contributed by atoms with Crippen molar-refractivity contribution in [3.63, 3.8) is 0 Å². The zero-order valence-electron chi connectivity index (χ0n) is 18.3. The Morgan fingerprint density at radius 1 is 1.06 bits per heavy atom. The first-order valence-electron chi connectivity index (χ1n) is 10.3. The van der Waals surface area contributed by atoms with Gasteiger partial charge in [0.05, 0.1) is 5.57 Å². The lowest BCUT2D eigenvalue weighted by atomic mass is 9.84. The maximum atomic E-state index is 13.3. The number of thiophene rings is 1. The molecule has 2 heterocycles. The summed E-state index contributed by atoms with van der Waals surface area (Å²) in [5.74, 6) is -1.46. The van der Waals surface area contributed by atoms with E-state index in [2.05, 4.69) is 36.7 Å². The van der Waals surface area contributed by atoms with E-state index in [1.54, 1.807) is 12.1 Å². The van der Waals surface area contributed by atoms with E-state index in [9.17, 15) is 14.7 Å². The van der Waals surface area contributed by atoms with Crippen LogP contribution in [0.15, 0.2) is 70.0 Å². The van der Waals surface area contributed by atoms with Crippen LogP contribution in [0.25, 0.3) is 5.76 Å². The number of Topliss-reactive ketones (excluding diaryl/α,β-unsaturated/α-hetero) is 1. The molecule has 3 aromatic rings. The highest BCUT2D eigenvalue weighted by Crippen LogP contribution is 2.44. The summed E-state index contributed by atoms with van der Waals surface area (Å²) < 4.78 is 0.801. The SMILES string of the molecule is Cc1ccc(C(C)(C)C)cc1/C(O)=C1\C(=O)C(=O)N(c2cccc(Br)c2)C1c1cccs1. The number of anilines is 1. The highest BCUT2D eigenvalue weighted by atomic mass is 79.9. The molecular formula is C26H24BrNO3S. The van der Waals surface area contributed by atoms with Crippen LogP contribution in [0.2, 0.25) is 0 Å². The lowest BCUT2D eigenvalue weighted by Crippen LogP contribution is -2.29. The van der Waals surface area contributed by atoms with E-state index < -0.39 is 17.7 Å². The molecule has 1 aliphatic heterocycles. The van der Waals surface area contributed by atoms with Gasteiger partial charge in [0.25, 0.3) is 11.7 Å². The third-order valence-corrected chi connectivity index (χ3v) is 7.12. The van der Waals surface area contributed by atoms with Crippen molar-refractivity contribution >= 4 is 50.4 Å². The van der Waals surface area contributed by atoms with Crippen molar-refractivity contribution in [2.75, 3.05) is 4.90 Å². The number of rotatable bonds is 3. The fourth-order valence-electron chi connectivity index (χ4n) is 3.93. The van der Waals surface area contributed by atoms with Crippen LogP contribution < -0.4 is 4.90 Å². The number of ketones is 1. The lowest BCUT2D eigenvalue weighted by Gasteiger charge is -2.25. The molecule has 0 bridgehead atoms. The zero-order chi connectivity index (χ0) is 23.2. The van der Waals surface area contributed by atoms with Crippen molar-refractivity contribution in [2.45, 2.75) is 39.2 Å². The second-order valence-electron chi connectivity index (χ2n) is 8.94. The molecule has 0 spiro atoms. The van der Waals surface area contributed by atoms with Gasteiger partial charge in [0, 0.05) is 20.6 Å². The zero-order valence-corrected chi connectivity index (χ0v) is 20.8. The molecule has 1 amide bonds. The average molecular weight is 510 g/mol. The minimum atomic E-state index is -0.693. The first-order valence-corrected chi connectivity index (χ1v) is 12.0. The Kier molecular flexibility index (Phi) is 5.86. The fraction of sp³-hybridized carbons (Fsp3) is 0.231. The number of aryl methyl sites for hydroxylation is 1. The molecule has 0 saturated carbocycles. The maximum Gasteiger partial charge on any atom is 0.300 e. The number of benzene rings is 2. The molecule has 1 saturated heterocycles. The first-order chi connectivity index (χ1) is 15.1. The monoisotopic (exact) mass is 509 g/mol. The molecule has 1 unspecified atom stereocenters. The first kappa shape index (κ1) is 22.5. The minimum absolute atomic E-state index is 0.117. The predicted molar refractivity (Wildman–Crippen MR) is 133 cm³/mol. The summed E-state index contributed by atoms with van der Waals surface area (Å²) in [5.41, 5.74) is 3.04. The average Bonchev–Trinajstić information content (AvgIpc) is 3.34. The topological polar surface area (TPSA) is 57.6 Å². The Labute approximate surface area is 200 Å². The molecule has 1 aromatic heterocycles. The molecule has 1 atom stereocenters. The van der Waals surface area contributed by atoms with E-state index in [1.807, 2.05) is 54.8 Å². The molecule has 4 nitrogen and oxygen atoms in total. The molecule has 0 radical (unpaired) electrons. The Morgan fingerprint density at radius 3 is 2.44 bits per heavy atom. The smallest absolute Gasteiger partial charge is 0.300 e. The van der Waals surface area contributed by atoms with E-state index in [4.69, 9.17) is 0 Å². The Balaban J connectivity index is 1.96. The van der Waals surface area contributed by atoms with Gasteiger partial charge in [0.15, 0.2) is 0 Å². The summed E-state index contributed by atoms with van der Waals surface area (Å²) in [5, 5.41) is 13.3. The van der Waals surface area contributed by atoms with Crippen LogP contribution in [-0.4, -0.2) is 16.8 Å². The number of aliphatic hydroxyl groups excluding tert-OH is 1. The number of nitrogens with zero attached hydrogens (tertiary/aromatic N) is 1. The van der Waals surface area contributed by atoms with Gasteiger partial charge in [-0.15, -0.1) is 11.3 Å². The molecule has 164 valence electrons. The van der Waals surface area contributed by atoms with E-state index in [0.717, 1.165) is 20.5 Å². The van der Waals surface area contributed by atoms with Crippen LogP contribution in [0.3, 0.4) is 0 Å². The van der Waals surface area contributed by atoms with E-state index in [0.29, 0.717) is 11.3 Å². The van der Waals surface area contributed by atoms with Gasteiger partial charge in [-0.2, -0.15) is 0 Å². The van der Waals surface area contributed by atoms with Crippen LogP contribution >= 0.6 is 27.3 Å². The van der Waals surface area contributed by atoms with Gasteiger partial charge in [-0.1, -0.05) is 61.0 Å². The second kappa shape index (κ2) is 8.34. The van der Waals surface area contributed by atoms with Crippen LogP contribution in [0.5, 0.6) is 0 Å². The lowest BCUT2D eigenvalue weighted by molar-refractivity contribution is -0.132. The summed E-state index contributed by atoms with van der Waals surface area (Å²) in [6, 6.07) is 16.3. The maximum absolute atomic E-state index is 13.3. The highest BCUT2D eigenvalue weighted by molar-refractivity contribution is 9.10. The number of carbonyl (C=O) groups is 2. The van der Waals surface area contributed by atoms with Crippen LogP contribution in [-0.2, 0) is 15.0 Å². The Morgan fingerprint density at radius 2 is 1.81 bits per heavy atom. The number of hydrogen-bond donors (Lipinski definition) is 1. The van der Waals surface area contributed by atoms with Crippen molar-refractivity contribution in [3.8, 4) is 0 Å². The predicted octanol–water partition coefficient (Wildman–Crippen LogP) is 6.74. The third-order valence-electron chi connectivity index (χ3n) is 5.70. The quantitative estimate of drug-likeness (QED) is 0.241. The molecule has 1 aliphatic rings. The summed E-state index contributed by atoms with van der Waals surface area (Å²) in [7, 11) is 0. The van der Waals surface area contributed by atoms with Gasteiger partial charge in [-0.05, 0) is 59.2 Å². The molecule has 1 N–H and O–H groups in total. The van der Waals surface area contributed by atoms with Crippen molar-refractivity contribution in [2.24, 2.45) is 0 Å². The molecule has 32 heavy (non-hydrogen) atoms. The van der Waals surface area contributed by atoms with Crippen LogP contribution in [0.1, 0.15) is 48.4 Å². The summed E-state index contributed by atoms with van der Waals surface area (Å²) in [6.45, 7) is 8.18. The van der Waals surface area contributed by atoms with Gasteiger partial charge in [0.1, 0.15) is 11.8 Å². The van der Waals surface area contributed by atoms with Crippen molar-refractivity contribution in [1.29, 1.82) is 0 Å². The van der Waals surface area contributed by atoms with Gasteiger partial charge in [-0.3, -0.25) is 14.5 Å². The number of hydrogen-bond acceptors (Lipinski definition) is 4. The van der Waals surface area contributed by atoms with Gasteiger partial charge < -0.3 is 5.11 Å². The van der Waals surface area contributed by atoms with Gasteiger partial charge in [0.2, 0.25) is 0 Å². The van der Waals surface area contributed by atoms with Crippen LogP contribution in [0, 0.1) is 6.92 Å². The van der Waals surface area contributed by atoms with E-state index in [1.165, 1.54) is 16.2 Å². The van der Waals surface area contributed by atoms with Crippen LogP contribution in [0.4, 0.5) is 5.69 Å². The largest absolute Gasteiger partial charge is 0.507 e. The number of halogens is 1. The molecule has 1 fully saturated rings. The standard InChI is InChI=1S/C26H24BrNO3S/c1-15-10-11-16(26(2,3)4)13-19(15)23(29)21-22(20-9-6-12-32-20)28(25(31)24(21)30)18-8-5-7-17(27)14-18/h5-14,22,29H,1-4H3/b23-21+. The number of aliphatic hydroxyl groups is 1. The normalized spacial score (nSPS) is 18.4. The van der Waals surface area contributed by atoms with E-state index in [-0.39, 0.29) is 16.7 Å². The minimum Gasteiger partial charge on any atom is -0.507 e. The molecule has 4 rings (SSSR count). The van der Waals surface area contributed by atoms with Gasteiger partial charge in [-0.25, -0.2) is 0 Å². The summed E-state index contributed by atoms with van der Waals surface area (Å²) in [6.07, 6.45) is 0.